The summed E-state index contributed by atoms with van der Waals surface area (Å²) >= 11 is 3.40. The molecule has 4 atom stereocenters. The van der Waals surface area contributed by atoms with Crippen LogP contribution in [-0.2, 0) is 9.59 Å². The van der Waals surface area contributed by atoms with Gasteiger partial charge in [0.05, 0.1) is 29.1 Å². The number of rotatable bonds is 2. The van der Waals surface area contributed by atoms with Gasteiger partial charge in [0.15, 0.2) is 0 Å². The third kappa shape index (κ3) is 2.83. The fourth-order valence-electron chi connectivity index (χ4n) is 5.80. The summed E-state index contributed by atoms with van der Waals surface area (Å²) in [5.74, 6) is -2.63. The van der Waals surface area contributed by atoms with E-state index in [-0.39, 0.29) is 17.7 Å². The van der Waals surface area contributed by atoms with Crippen LogP contribution < -0.4 is 9.80 Å². The molecule has 2 fully saturated rings. The molecular weight excluding hydrogens is 522 g/mol. The van der Waals surface area contributed by atoms with Gasteiger partial charge in [0, 0.05) is 10.2 Å². The van der Waals surface area contributed by atoms with Crippen molar-refractivity contribution in [1.82, 2.24) is 15.0 Å². The molecule has 0 spiro atoms. The van der Waals surface area contributed by atoms with Crippen molar-refractivity contribution in [3.05, 3.63) is 88.9 Å². The average Bonchev–Trinajstić information content (AvgIpc) is 3.56. The molecule has 0 radical (unpaired) electrons. The van der Waals surface area contributed by atoms with E-state index < -0.39 is 23.9 Å². The summed E-state index contributed by atoms with van der Waals surface area (Å²) in [6, 6.07) is 20.6. The van der Waals surface area contributed by atoms with E-state index in [1.54, 1.807) is 36.4 Å². The van der Waals surface area contributed by atoms with Crippen LogP contribution in [-0.4, -0.2) is 44.8 Å². The molecule has 3 aliphatic heterocycles. The Bertz CT molecular complexity index is 1610. The van der Waals surface area contributed by atoms with Crippen LogP contribution in [0.15, 0.2) is 83.3 Å². The molecule has 0 aliphatic carbocycles. The normalized spacial score (nSPS) is 24.2. The van der Waals surface area contributed by atoms with E-state index >= 15 is 0 Å². The fourth-order valence-corrected chi connectivity index (χ4v) is 6.06. The number of fused-ring (bicyclic) bond motifs is 6. The molecule has 8 nitrogen and oxygen atoms in total. The highest BCUT2D eigenvalue weighted by Gasteiger charge is 2.64. The molecule has 2 amide bonds. The first-order valence-corrected chi connectivity index (χ1v) is 12.4. The largest absolute Gasteiger partial charge is 0.351 e. The van der Waals surface area contributed by atoms with Crippen molar-refractivity contribution in [2.24, 2.45) is 11.8 Å². The molecule has 9 heteroatoms. The van der Waals surface area contributed by atoms with Gasteiger partial charge in [-0.05, 0) is 48.0 Å². The van der Waals surface area contributed by atoms with Crippen LogP contribution >= 0.6 is 15.9 Å². The topological polar surface area (TPSA) is 88.4 Å². The van der Waals surface area contributed by atoms with E-state index in [0.29, 0.717) is 16.7 Å². The maximum atomic E-state index is 14.2. The predicted molar refractivity (Wildman–Crippen MR) is 137 cm³/mol. The maximum Gasteiger partial charge on any atom is 0.272 e. The third-order valence-electron chi connectivity index (χ3n) is 7.31. The molecule has 0 unspecified atom stereocenters. The predicted octanol–water partition coefficient (Wildman–Crippen LogP) is 3.92. The minimum absolute atomic E-state index is 0.301. The summed E-state index contributed by atoms with van der Waals surface area (Å²) in [6.07, 6.45) is 3.90. The molecule has 4 heterocycles. The number of anilines is 2. The van der Waals surface area contributed by atoms with E-state index in [1.165, 1.54) is 9.58 Å². The van der Waals surface area contributed by atoms with Crippen molar-refractivity contribution >= 4 is 62.1 Å². The zero-order valence-electron chi connectivity index (χ0n) is 18.7. The summed E-state index contributed by atoms with van der Waals surface area (Å²) in [7, 11) is 0. The molecule has 0 bridgehead atoms. The molecule has 176 valence electrons. The summed E-state index contributed by atoms with van der Waals surface area (Å²) in [4.78, 5) is 45.1. The fraction of sp³-hybridized carbons (Fsp3) is 0.148. The van der Waals surface area contributed by atoms with Crippen LogP contribution in [0, 0.1) is 11.8 Å². The van der Waals surface area contributed by atoms with Crippen molar-refractivity contribution in [3.63, 3.8) is 0 Å². The van der Waals surface area contributed by atoms with E-state index in [9.17, 15) is 14.4 Å². The Morgan fingerprint density at radius 2 is 1.58 bits per heavy atom. The van der Waals surface area contributed by atoms with Gasteiger partial charge in [-0.25, -0.2) is 4.90 Å². The van der Waals surface area contributed by atoms with Crippen molar-refractivity contribution in [2.45, 2.75) is 12.1 Å². The number of carbonyl (C=O) groups is 3. The van der Waals surface area contributed by atoms with Crippen molar-refractivity contribution in [2.75, 3.05) is 9.80 Å². The first-order chi connectivity index (χ1) is 17.5. The van der Waals surface area contributed by atoms with Crippen molar-refractivity contribution < 1.29 is 14.4 Å². The van der Waals surface area contributed by atoms with Gasteiger partial charge in [-0.3, -0.25) is 14.4 Å². The quantitative estimate of drug-likeness (QED) is 0.358. The lowest BCUT2D eigenvalue weighted by Crippen LogP contribution is -2.50. The number of benzene rings is 3. The van der Waals surface area contributed by atoms with Gasteiger partial charge in [-0.2, -0.15) is 4.68 Å². The SMILES string of the molecule is O=C1[C@@H]2[C@H](C(=O)N1c1ccc(Br)cc1)[C@H](C(=O)n1nnc3ccccc31)N1c3ccccc3C=C[C@H]21. The number of amides is 2. The number of imide groups is 1. The van der Waals surface area contributed by atoms with Gasteiger partial charge in [-0.15, -0.1) is 5.10 Å². The molecule has 7 rings (SSSR count). The first kappa shape index (κ1) is 21.2. The number of nitrogens with zero attached hydrogens (tertiary/aromatic N) is 5. The Morgan fingerprint density at radius 1 is 0.861 bits per heavy atom. The molecule has 36 heavy (non-hydrogen) atoms. The number of hydrogen-bond donors (Lipinski definition) is 0. The number of aromatic nitrogens is 3. The zero-order chi connectivity index (χ0) is 24.6. The number of para-hydroxylation sites is 2. The second kappa shape index (κ2) is 7.69. The molecule has 0 saturated carbocycles. The average molecular weight is 540 g/mol. The summed E-state index contributed by atoms with van der Waals surface area (Å²) in [5, 5.41) is 8.28. The van der Waals surface area contributed by atoms with Gasteiger partial charge in [0.2, 0.25) is 11.8 Å². The Morgan fingerprint density at radius 3 is 2.42 bits per heavy atom. The molecule has 4 aromatic rings. The molecule has 3 aliphatic rings. The number of carbonyl (C=O) groups excluding carboxylic acids is 3. The lowest BCUT2D eigenvalue weighted by Gasteiger charge is -2.36. The van der Waals surface area contributed by atoms with E-state index in [0.717, 1.165) is 15.7 Å². The first-order valence-electron chi connectivity index (χ1n) is 11.6. The van der Waals surface area contributed by atoms with Crippen LogP contribution in [0.5, 0.6) is 0 Å². The second-order valence-electron chi connectivity index (χ2n) is 9.13. The monoisotopic (exact) mass is 539 g/mol. The highest BCUT2D eigenvalue weighted by atomic mass is 79.9. The van der Waals surface area contributed by atoms with E-state index in [1.807, 2.05) is 53.5 Å². The molecular formula is C27H18BrN5O3. The standard InChI is InChI=1S/C27H18BrN5O3/c28-16-10-12-17(13-11-16)31-25(34)22-21-14-9-15-5-1-3-7-19(15)32(21)24(23(22)26(31)35)27(36)33-20-8-4-2-6-18(20)29-30-33/h1-14,21-24H/t21-,22+,23+,24-/m1/s1. The van der Waals surface area contributed by atoms with Crippen molar-refractivity contribution in [3.8, 4) is 0 Å². The van der Waals surface area contributed by atoms with Gasteiger partial charge >= 0.3 is 0 Å². The van der Waals surface area contributed by atoms with Gasteiger partial charge in [0.25, 0.3) is 5.91 Å². The Balaban J connectivity index is 1.39. The van der Waals surface area contributed by atoms with E-state index in [2.05, 4.69) is 26.2 Å². The second-order valence-corrected chi connectivity index (χ2v) is 10.0. The zero-order valence-corrected chi connectivity index (χ0v) is 20.3. The molecule has 3 aromatic carbocycles. The summed E-state index contributed by atoms with van der Waals surface area (Å²) in [5.41, 5.74) is 3.38. The lowest BCUT2D eigenvalue weighted by atomic mass is 9.88. The van der Waals surface area contributed by atoms with E-state index in [4.69, 9.17) is 0 Å². The van der Waals surface area contributed by atoms with Crippen LogP contribution in [0.4, 0.5) is 11.4 Å². The summed E-state index contributed by atoms with van der Waals surface area (Å²) < 4.78 is 2.11. The minimum atomic E-state index is -0.923. The molecule has 0 N–H and O–H groups in total. The molecule has 1 aromatic heterocycles. The van der Waals surface area contributed by atoms with Gasteiger partial charge in [0.1, 0.15) is 11.6 Å². The van der Waals surface area contributed by atoms with Crippen LogP contribution in [0.2, 0.25) is 0 Å². The van der Waals surface area contributed by atoms with Crippen molar-refractivity contribution in [1.29, 1.82) is 0 Å². The molecule has 2 saturated heterocycles. The van der Waals surface area contributed by atoms with Crippen LogP contribution in [0.3, 0.4) is 0 Å². The van der Waals surface area contributed by atoms with Crippen LogP contribution in [0.25, 0.3) is 17.1 Å². The highest BCUT2D eigenvalue weighted by molar-refractivity contribution is 9.10. The summed E-state index contributed by atoms with van der Waals surface area (Å²) in [6.45, 7) is 0. The number of hydrogen-bond acceptors (Lipinski definition) is 6. The Labute approximate surface area is 213 Å². The smallest absolute Gasteiger partial charge is 0.272 e. The Kier molecular flexibility index (Phi) is 4.53. The third-order valence-corrected chi connectivity index (χ3v) is 7.84. The highest BCUT2D eigenvalue weighted by Crippen LogP contribution is 2.49. The maximum absolute atomic E-state index is 14.2. The lowest BCUT2D eigenvalue weighted by molar-refractivity contribution is -0.122. The Hall–Kier alpha value is -4.11. The number of halogens is 1. The minimum Gasteiger partial charge on any atom is -0.351 e. The van der Waals surface area contributed by atoms with Gasteiger partial charge in [-0.1, -0.05) is 63.6 Å². The van der Waals surface area contributed by atoms with Crippen LogP contribution in [0.1, 0.15) is 10.4 Å². The van der Waals surface area contributed by atoms with Gasteiger partial charge < -0.3 is 4.90 Å².